The molecule has 0 aromatic heterocycles. The summed E-state index contributed by atoms with van der Waals surface area (Å²) in [6.07, 6.45) is 5.52. The van der Waals surface area contributed by atoms with Gasteiger partial charge in [0.15, 0.2) is 0 Å². The van der Waals surface area contributed by atoms with Gasteiger partial charge in [0, 0.05) is 19.0 Å². The maximum atomic E-state index is 11.3. The van der Waals surface area contributed by atoms with E-state index in [0.717, 1.165) is 19.5 Å². The second-order valence-corrected chi connectivity index (χ2v) is 4.79. The summed E-state index contributed by atoms with van der Waals surface area (Å²) < 4.78 is 0. The minimum Gasteiger partial charge on any atom is -0.356 e. The topological polar surface area (TPSA) is 58.4 Å². The highest BCUT2D eigenvalue weighted by molar-refractivity contribution is 5.76. The molecule has 4 nitrogen and oxygen atoms in total. The summed E-state index contributed by atoms with van der Waals surface area (Å²) in [5.74, 6) is 0.0774. The number of piperidine rings is 1. The van der Waals surface area contributed by atoms with Crippen LogP contribution in [-0.2, 0) is 4.79 Å². The van der Waals surface area contributed by atoms with Crippen molar-refractivity contribution < 1.29 is 4.79 Å². The number of hydrogen-bond acceptors (Lipinski definition) is 3. The molecule has 0 saturated carbocycles. The van der Waals surface area contributed by atoms with Crippen molar-refractivity contribution in [3.05, 3.63) is 0 Å². The summed E-state index contributed by atoms with van der Waals surface area (Å²) in [6.45, 7) is 6.20. The molecule has 1 aliphatic heterocycles. The fraction of sp³-hybridized carbons (Fsp3) is 0.917. The third-order valence-electron chi connectivity index (χ3n) is 2.93. The lowest BCUT2D eigenvalue weighted by atomic mass is 10.1. The number of hydrogen-bond donors (Lipinski definition) is 2. The first-order valence-corrected chi connectivity index (χ1v) is 6.43. The Morgan fingerprint density at radius 3 is 2.69 bits per heavy atom. The maximum Gasteiger partial charge on any atom is 0.221 e. The molecule has 94 valence electrons. The second kappa shape index (κ2) is 7.63. The quantitative estimate of drug-likeness (QED) is 0.657. The highest BCUT2D eigenvalue weighted by Crippen LogP contribution is 2.08. The summed E-state index contributed by atoms with van der Waals surface area (Å²) in [6, 6.07) is -0.0397. The lowest BCUT2D eigenvalue weighted by Crippen LogP contribution is -2.34. The number of rotatable bonds is 6. The van der Waals surface area contributed by atoms with E-state index in [-0.39, 0.29) is 11.9 Å². The number of amides is 1. The molecule has 0 aliphatic carbocycles. The minimum absolute atomic E-state index is 0.0397. The molecule has 0 radical (unpaired) electrons. The molecule has 1 amide bonds. The summed E-state index contributed by atoms with van der Waals surface area (Å²) in [4.78, 5) is 13.8. The average Bonchev–Trinajstić information content (AvgIpc) is 2.25. The molecule has 0 spiro atoms. The van der Waals surface area contributed by atoms with Gasteiger partial charge in [-0.1, -0.05) is 6.42 Å². The first kappa shape index (κ1) is 13.5. The number of nitrogens with one attached hydrogen (secondary N) is 1. The van der Waals surface area contributed by atoms with Gasteiger partial charge < -0.3 is 16.0 Å². The second-order valence-electron chi connectivity index (χ2n) is 4.79. The van der Waals surface area contributed by atoms with Crippen molar-refractivity contribution in [1.82, 2.24) is 10.2 Å². The Bertz CT molecular complexity index is 200. The highest BCUT2D eigenvalue weighted by Gasteiger charge is 2.09. The Kier molecular flexibility index (Phi) is 6.42. The molecule has 0 aromatic rings. The molecular formula is C12H25N3O. The summed E-state index contributed by atoms with van der Waals surface area (Å²) >= 11 is 0. The van der Waals surface area contributed by atoms with Crippen molar-refractivity contribution in [1.29, 1.82) is 0 Å². The SMILES string of the molecule is CC(N)CC(=O)NCCCN1CCCCC1. The molecule has 0 bridgehead atoms. The van der Waals surface area contributed by atoms with Crippen LogP contribution in [0, 0.1) is 0 Å². The molecule has 1 rings (SSSR count). The third kappa shape index (κ3) is 6.08. The molecule has 0 aromatic carbocycles. The molecule has 1 unspecified atom stereocenters. The third-order valence-corrected chi connectivity index (χ3v) is 2.93. The van der Waals surface area contributed by atoms with Gasteiger partial charge in [0.05, 0.1) is 0 Å². The Balaban J connectivity index is 1.96. The number of nitrogens with two attached hydrogens (primary N) is 1. The normalized spacial score (nSPS) is 19.4. The average molecular weight is 227 g/mol. The van der Waals surface area contributed by atoms with Gasteiger partial charge in [-0.15, -0.1) is 0 Å². The van der Waals surface area contributed by atoms with Crippen LogP contribution < -0.4 is 11.1 Å². The molecule has 1 heterocycles. The molecule has 1 saturated heterocycles. The van der Waals surface area contributed by atoms with Crippen LogP contribution in [0.5, 0.6) is 0 Å². The van der Waals surface area contributed by atoms with Gasteiger partial charge in [0.1, 0.15) is 0 Å². The first-order chi connectivity index (χ1) is 7.68. The van der Waals surface area contributed by atoms with E-state index in [0.29, 0.717) is 6.42 Å². The molecule has 4 heteroatoms. The molecule has 3 N–H and O–H groups in total. The number of carbonyl (C=O) groups excluding carboxylic acids is 1. The molecule has 16 heavy (non-hydrogen) atoms. The summed E-state index contributed by atoms with van der Waals surface area (Å²) in [7, 11) is 0. The van der Waals surface area contributed by atoms with E-state index < -0.39 is 0 Å². The van der Waals surface area contributed by atoms with Gasteiger partial charge in [-0.2, -0.15) is 0 Å². The fourth-order valence-corrected chi connectivity index (χ4v) is 2.08. The zero-order chi connectivity index (χ0) is 11.8. The van der Waals surface area contributed by atoms with E-state index in [4.69, 9.17) is 5.73 Å². The number of likely N-dealkylation sites (tertiary alicyclic amines) is 1. The van der Waals surface area contributed by atoms with Crippen LogP contribution in [0.1, 0.15) is 39.0 Å². The van der Waals surface area contributed by atoms with Crippen LogP contribution in [-0.4, -0.2) is 43.0 Å². The van der Waals surface area contributed by atoms with Gasteiger partial charge >= 0.3 is 0 Å². The summed E-state index contributed by atoms with van der Waals surface area (Å²) in [5.41, 5.74) is 5.55. The van der Waals surface area contributed by atoms with E-state index in [2.05, 4.69) is 10.2 Å². The van der Waals surface area contributed by atoms with Gasteiger partial charge in [-0.3, -0.25) is 4.79 Å². The molecule has 1 fully saturated rings. The van der Waals surface area contributed by atoms with Crippen LogP contribution in [0.25, 0.3) is 0 Å². The largest absolute Gasteiger partial charge is 0.356 e. The van der Waals surface area contributed by atoms with Crippen molar-refractivity contribution in [3.63, 3.8) is 0 Å². The summed E-state index contributed by atoms with van der Waals surface area (Å²) in [5, 5.41) is 2.91. The van der Waals surface area contributed by atoms with Gasteiger partial charge in [0.2, 0.25) is 5.91 Å². The van der Waals surface area contributed by atoms with E-state index in [9.17, 15) is 4.79 Å². The van der Waals surface area contributed by atoms with Gasteiger partial charge in [-0.05, 0) is 45.8 Å². The van der Waals surface area contributed by atoms with E-state index in [1.54, 1.807) is 0 Å². The van der Waals surface area contributed by atoms with Crippen molar-refractivity contribution in [2.75, 3.05) is 26.2 Å². The number of nitrogens with zero attached hydrogens (tertiary/aromatic N) is 1. The van der Waals surface area contributed by atoms with Crippen LogP contribution in [0.2, 0.25) is 0 Å². The maximum absolute atomic E-state index is 11.3. The number of carbonyl (C=O) groups is 1. The van der Waals surface area contributed by atoms with Gasteiger partial charge in [0.25, 0.3) is 0 Å². The van der Waals surface area contributed by atoms with Crippen molar-refractivity contribution in [2.45, 2.75) is 45.1 Å². The molecular weight excluding hydrogens is 202 g/mol. The van der Waals surface area contributed by atoms with Crippen LogP contribution >= 0.6 is 0 Å². The Morgan fingerprint density at radius 1 is 1.38 bits per heavy atom. The minimum atomic E-state index is -0.0397. The zero-order valence-electron chi connectivity index (χ0n) is 10.4. The Morgan fingerprint density at radius 2 is 2.06 bits per heavy atom. The lowest BCUT2D eigenvalue weighted by Gasteiger charge is -2.26. The van der Waals surface area contributed by atoms with Crippen molar-refractivity contribution >= 4 is 5.91 Å². The standard InChI is InChI=1S/C12H25N3O/c1-11(13)10-12(16)14-6-5-9-15-7-3-2-4-8-15/h11H,2-10,13H2,1H3,(H,14,16). The van der Waals surface area contributed by atoms with Crippen molar-refractivity contribution in [3.8, 4) is 0 Å². The van der Waals surface area contributed by atoms with E-state index in [1.165, 1.54) is 32.4 Å². The Labute approximate surface area is 98.6 Å². The highest BCUT2D eigenvalue weighted by atomic mass is 16.1. The van der Waals surface area contributed by atoms with Crippen LogP contribution in [0.3, 0.4) is 0 Å². The van der Waals surface area contributed by atoms with E-state index in [1.807, 2.05) is 6.92 Å². The lowest BCUT2D eigenvalue weighted by molar-refractivity contribution is -0.121. The molecule has 1 aliphatic rings. The van der Waals surface area contributed by atoms with Gasteiger partial charge in [-0.25, -0.2) is 0 Å². The molecule has 1 atom stereocenters. The van der Waals surface area contributed by atoms with Crippen LogP contribution in [0.15, 0.2) is 0 Å². The first-order valence-electron chi connectivity index (χ1n) is 6.43. The van der Waals surface area contributed by atoms with E-state index >= 15 is 0 Å². The zero-order valence-corrected chi connectivity index (χ0v) is 10.4. The predicted molar refractivity (Wildman–Crippen MR) is 66.2 cm³/mol. The van der Waals surface area contributed by atoms with Crippen LogP contribution in [0.4, 0.5) is 0 Å². The van der Waals surface area contributed by atoms with Crippen molar-refractivity contribution in [2.24, 2.45) is 5.73 Å². The Hall–Kier alpha value is -0.610. The smallest absolute Gasteiger partial charge is 0.221 e. The predicted octanol–water partition coefficient (Wildman–Crippen LogP) is 0.716. The fourth-order valence-electron chi connectivity index (χ4n) is 2.08. The monoisotopic (exact) mass is 227 g/mol.